The molecule has 3 N–H and O–H groups in total. The largest absolute Gasteiger partial charge is 0.456 e. The molecule has 0 bridgehead atoms. The van der Waals surface area contributed by atoms with Crippen molar-refractivity contribution >= 4 is 75.3 Å². The summed E-state index contributed by atoms with van der Waals surface area (Å²) in [5.74, 6) is 0. The summed E-state index contributed by atoms with van der Waals surface area (Å²) in [6, 6.07) is 65.4. The van der Waals surface area contributed by atoms with Crippen LogP contribution in [-0.2, 0) is 0 Å². The van der Waals surface area contributed by atoms with E-state index >= 15 is 0 Å². The van der Waals surface area contributed by atoms with Gasteiger partial charge in [0.25, 0.3) is 0 Å². The summed E-state index contributed by atoms with van der Waals surface area (Å²) in [7, 11) is 0. The molecule has 0 radical (unpaired) electrons. The molecule has 0 saturated carbocycles. The van der Waals surface area contributed by atoms with Gasteiger partial charge in [0.05, 0.1) is 29.5 Å². The van der Waals surface area contributed by atoms with Gasteiger partial charge in [-0.15, -0.1) is 11.3 Å². The standard InChI is InChI=1S/C51H36N4OS/c1-3-12-31(13-4-1)49-52-50(32-14-5-2-6-15-32)54-51(53-49)41-18-11-21-46-48(41)40-26-23-34(29-47(40)57-46)33-22-25-38-39-27-24-35(30-45(39)56-44(38)28-33)55-42-19-9-7-16-36(42)37-17-8-10-20-43(37)55/h1-30,49-54H. The number of fused-ring (bicyclic) bond motifs is 9. The van der Waals surface area contributed by atoms with Gasteiger partial charge in [-0.05, 0) is 76.3 Å². The van der Waals surface area contributed by atoms with Gasteiger partial charge in [0.15, 0.2) is 0 Å². The highest BCUT2D eigenvalue weighted by Gasteiger charge is 2.31. The number of rotatable bonds is 5. The van der Waals surface area contributed by atoms with Crippen LogP contribution in [0.1, 0.15) is 35.2 Å². The first-order valence-electron chi connectivity index (χ1n) is 19.5. The number of para-hydroxylation sites is 2. The van der Waals surface area contributed by atoms with Crippen LogP contribution in [0.15, 0.2) is 186 Å². The smallest absolute Gasteiger partial charge is 0.137 e. The molecule has 2 unspecified atom stereocenters. The van der Waals surface area contributed by atoms with E-state index in [9.17, 15) is 0 Å². The van der Waals surface area contributed by atoms with E-state index in [0.717, 1.165) is 33.2 Å². The van der Waals surface area contributed by atoms with Crippen LogP contribution in [0.4, 0.5) is 0 Å². The number of benzene rings is 8. The molecule has 12 rings (SSSR count). The lowest BCUT2D eigenvalue weighted by Crippen LogP contribution is -2.54. The van der Waals surface area contributed by atoms with Crippen molar-refractivity contribution in [3.05, 3.63) is 199 Å². The van der Waals surface area contributed by atoms with Gasteiger partial charge in [-0.3, -0.25) is 16.0 Å². The molecule has 4 heterocycles. The van der Waals surface area contributed by atoms with Gasteiger partial charge in [0.1, 0.15) is 11.2 Å². The summed E-state index contributed by atoms with van der Waals surface area (Å²) < 4.78 is 11.5. The van der Waals surface area contributed by atoms with Crippen LogP contribution in [-0.4, -0.2) is 4.57 Å². The van der Waals surface area contributed by atoms with Crippen molar-refractivity contribution in [3.63, 3.8) is 0 Å². The molecule has 1 aliphatic rings. The first-order valence-corrected chi connectivity index (χ1v) is 20.3. The van der Waals surface area contributed by atoms with Crippen LogP contribution in [0.25, 0.3) is 80.7 Å². The minimum Gasteiger partial charge on any atom is -0.456 e. The zero-order valence-corrected chi connectivity index (χ0v) is 31.6. The molecular weight excluding hydrogens is 717 g/mol. The van der Waals surface area contributed by atoms with E-state index in [0.29, 0.717) is 0 Å². The normalized spacial score (nSPS) is 17.4. The lowest BCUT2D eigenvalue weighted by Gasteiger charge is -2.40. The molecule has 8 aromatic carbocycles. The number of nitrogens with one attached hydrogen (secondary N) is 3. The highest BCUT2D eigenvalue weighted by atomic mass is 32.1. The Hall–Kier alpha value is -6.54. The Morgan fingerprint density at radius 1 is 0.421 bits per heavy atom. The SMILES string of the molecule is c1ccc(C2NC(c3ccccc3)NC(c3cccc4sc5cc(-c6ccc7c(c6)oc6cc(-n8c9ccccc9c9ccccc98)ccc67)ccc5c34)N2)cc1. The minimum absolute atomic E-state index is 0.0252. The fourth-order valence-corrected chi connectivity index (χ4v) is 10.2. The number of nitrogens with zero attached hydrogens (tertiary/aromatic N) is 1. The van der Waals surface area contributed by atoms with E-state index in [-0.39, 0.29) is 18.5 Å². The lowest BCUT2D eigenvalue weighted by atomic mass is 9.98. The molecule has 0 amide bonds. The zero-order valence-electron chi connectivity index (χ0n) is 30.8. The van der Waals surface area contributed by atoms with Crippen molar-refractivity contribution in [2.45, 2.75) is 18.5 Å². The second-order valence-corrected chi connectivity index (χ2v) is 16.1. The van der Waals surface area contributed by atoms with Crippen molar-refractivity contribution in [3.8, 4) is 16.8 Å². The zero-order chi connectivity index (χ0) is 37.5. The Morgan fingerprint density at radius 2 is 0.982 bits per heavy atom. The molecule has 5 nitrogen and oxygen atoms in total. The van der Waals surface area contributed by atoms with Gasteiger partial charge in [0.2, 0.25) is 0 Å². The van der Waals surface area contributed by atoms with Gasteiger partial charge in [0, 0.05) is 53.5 Å². The van der Waals surface area contributed by atoms with Crippen molar-refractivity contribution in [2.24, 2.45) is 0 Å². The van der Waals surface area contributed by atoms with Crippen molar-refractivity contribution in [1.82, 2.24) is 20.5 Å². The molecule has 272 valence electrons. The maximum atomic E-state index is 6.65. The van der Waals surface area contributed by atoms with Gasteiger partial charge in [-0.25, -0.2) is 0 Å². The topological polar surface area (TPSA) is 54.2 Å². The Kier molecular flexibility index (Phi) is 7.46. The fourth-order valence-electron chi connectivity index (χ4n) is 9.06. The molecule has 11 aromatic rings. The van der Waals surface area contributed by atoms with Crippen LogP contribution in [0.3, 0.4) is 0 Å². The molecule has 1 aliphatic heterocycles. The van der Waals surface area contributed by atoms with Gasteiger partial charge in [-0.2, -0.15) is 0 Å². The molecule has 0 aliphatic carbocycles. The Morgan fingerprint density at radius 3 is 1.67 bits per heavy atom. The van der Waals surface area contributed by atoms with E-state index in [1.807, 2.05) is 11.3 Å². The molecule has 3 aromatic heterocycles. The van der Waals surface area contributed by atoms with E-state index in [2.05, 4.69) is 203 Å². The average Bonchev–Trinajstić information content (AvgIpc) is 3.95. The minimum atomic E-state index is -0.0752. The Bertz CT molecular complexity index is 3210. The summed E-state index contributed by atoms with van der Waals surface area (Å²) in [6.07, 6.45) is -0.126. The number of hydrogen-bond acceptors (Lipinski definition) is 5. The van der Waals surface area contributed by atoms with Crippen molar-refractivity contribution in [1.29, 1.82) is 0 Å². The van der Waals surface area contributed by atoms with Crippen LogP contribution < -0.4 is 16.0 Å². The van der Waals surface area contributed by atoms with Crippen LogP contribution >= 0.6 is 11.3 Å². The Balaban J connectivity index is 0.914. The van der Waals surface area contributed by atoms with Crippen LogP contribution in [0.2, 0.25) is 0 Å². The second kappa shape index (κ2) is 13.0. The van der Waals surface area contributed by atoms with Crippen LogP contribution in [0, 0.1) is 0 Å². The third kappa shape index (κ3) is 5.34. The lowest BCUT2D eigenvalue weighted by molar-refractivity contribution is 0.204. The average molecular weight is 753 g/mol. The first kappa shape index (κ1) is 32.7. The second-order valence-electron chi connectivity index (χ2n) is 15.0. The highest BCUT2D eigenvalue weighted by molar-refractivity contribution is 7.25. The predicted molar refractivity (Wildman–Crippen MR) is 237 cm³/mol. The third-order valence-electron chi connectivity index (χ3n) is 11.7. The molecule has 2 atom stereocenters. The first-order chi connectivity index (χ1) is 28.2. The number of thiophene rings is 1. The number of hydrogen-bond donors (Lipinski definition) is 3. The maximum Gasteiger partial charge on any atom is 0.137 e. The summed E-state index contributed by atoms with van der Waals surface area (Å²) >= 11 is 1.86. The fraction of sp³-hybridized carbons (Fsp3) is 0.0588. The van der Waals surface area contributed by atoms with Gasteiger partial charge >= 0.3 is 0 Å². The predicted octanol–water partition coefficient (Wildman–Crippen LogP) is 12.9. The van der Waals surface area contributed by atoms with Crippen molar-refractivity contribution < 1.29 is 4.42 Å². The highest BCUT2D eigenvalue weighted by Crippen LogP contribution is 2.42. The molecular formula is C51H36N4OS. The molecule has 1 fully saturated rings. The summed E-state index contributed by atoms with van der Waals surface area (Å²) in [5, 5.41) is 18.9. The van der Waals surface area contributed by atoms with Gasteiger partial charge in [-0.1, -0.05) is 127 Å². The molecule has 6 heteroatoms. The quantitative estimate of drug-likeness (QED) is 0.164. The maximum absolute atomic E-state index is 6.65. The summed E-state index contributed by atoms with van der Waals surface area (Å²) in [4.78, 5) is 0. The Labute approximate surface area is 332 Å². The monoisotopic (exact) mass is 752 g/mol. The molecule has 57 heavy (non-hydrogen) atoms. The summed E-state index contributed by atoms with van der Waals surface area (Å²) in [5.41, 5.74) is 11.2. The van der Waals surface area contributed by atoms with Crippen LogP contribution in [0.5, 0.6) is 0 Å². The third-order valence-corrected chi connectivity index (χ3v) is 12.9. The molecule has 0 spiro atoms. The van der Waals surface area contributed by atoms with E-state index in [1.165, 1.54) is 64.2 Å². The van der Waals surface area contributed by atoms with E-state index in [1.54, 1.807) is 0 Å². The number of furan rings is 1. The van der Waals surface area contributed by atoms with Gasteiger partial charge < -0.3 is 8.98 Å². The molecule has 1 saturated heterocycles. The number of aromatic nitrogens is 1. The van der Waals surface area contributed by atoms with E-state index < -0.39 is 0 Å². The van der Waals surface area contributed by atoms with E-state index in [4.69, 9.17) is 4.42 Å². The van der Waals surface area contributed by atoms with Crippen molar-refractivity contribution in [2.75, 3.05) is 0 Å². The summed E-state index contributed by atoms with van der Waals surface area (Å²) in [6.45, 7) is 0.